The monoisotopic (exact) mass is 278 g/mol. The zero-order valence-corrected chi connectivity index (χ0v) is 11.5. The summed E-state index contributed by atoms with van der Waals surface area (Å²) < 4.78 is 0. The fourth-order valence-electron chi connectivity index (χ4n) is 2.49. The van der Waals surface area contributed by atoms with E-state index < -0.39 is 24.1 Å². The minimum atomic E-state index is -1.09. The Labute approximate surface area is 117 Å². The highest BCUT2D eigenvalue weighted by Crippen LogP contribution is 2.24. The number of rotatable bonds is 2. The van der Waals surface area contributed by atoms with Gasteiger partial charge in [-0.1, -0.05) is 18.2 Å². The van der Waals surface area contributed by atoms with Gasteiger partial charge in [0.25, 0.3) is 0 Å². The molecule has 2 rings (SSSR count). The zero-order valence-electron chi connectivity index (χ0n) is 11.5. The molecule has 108 valence electrons. The number of anilines is 1. The van der Waals surface area contributed by atoms with Gasteiger partial charge < -0.3 is 15.1 Å². The number of likely N-dealkylation sites (tertiary alicyclic amines) is 1. The molecule has 0 radical (unpaired) electrons. The average Bonchev–Trinajstić information content (AvgIpc) is 2.80. The number of aliphatic hydroxyl groups is 1. The van der Waals surface area contributed by atoms with Crippen molar-refractivity contribution in [1.82, 2.24) is 4.90 Å². The van der Waals surface area contributed by atoms with Crippen LogP contribution in [0.4, 0.5) is 10.5 Å². The largest absolute Gasteiger partial charge is 0.480 e. The molecule has 1 fully saturated rings. The summed E-state index contributed by atoms with van der Waals surface area (Å²) in [6, 6.07) is 5.99. The molecule has 1 saturated heterocycles. The molecule has 0 spiro atoms. The van der Waals surface area contributed by atoms with E-state index in [1.807, 2.05) is 25.1 Å². The van der Waals surface area contributed by atoms with Crippen LogP contribution < -0.4 is 4.90 Å². The highest BCUT2D eigenvalue weighted by molar-refractivity contribution is 5.95. The number of β-amino-alcohol motifs (C(OH)–C–C–N with tert-alkyl or cyclic N) is 1. The predicted molar refractivity (Wildman–Crippen MR) is 73.7 cm³/mol. The molecule has 20 heavy (non-hydrogen) atoms. The molecule has 1 aliphatic heterocycles. The van der Waals surface area contributed by atoms with E-state index >= 15 is 0 Å². The molecular formula is C14H18N2O4. The number of carboxylic acids is 1. The summed E-state index contributed by atoms with van der Waals surface area (Å²) in [5, 5.41) is 18.7. The van der Waals surface area contributed by atoms with Crippen molar-refractivity contribution >= 4 is 17.7 Å². The Morgan fingerprint density at radius 3 is 2.60 bits per heavy atom. The molecule has 6 heteroatoms. The second-order valence-corrected chi connectivity index (χ2v) is 5.02. The van der Waals surface area contributed by atoms with Gasteiger partial charge in [-0.05, 0) is 18.6 Å². The predicted octanol–water partition coefficient (Wildman–Crippen LogP) is 1.07. The lowest BCUT2D eigenvalue weighted by Gasteiger charge is -2.28. The third kappa shape index (κ3) is 2.60. The number of aryl methyl sites for hydroxylation is 1. The smallest absolute Gasteiger partial charge is 0.326 e. The maximum atomic E-state index is 12.4. The first-order valence-corrected chi connectivity index (χ1v) is 6.42. The first kappa shape index (κ1) is 14.3. The number of nitrogens with zero attached hydrogens (tertiary/aromatic N) is 2. The Bertz CT molecular complexity index is 532. The Morgan fingerprint density at radius 1 is 1.35 bits per heavy atom. The van der Waals surface area contributed by atoms with Crippen molar-refractivity contribution in [2.75, 3.05) is 18.5 Å². The van der Waals surface area contributed by atoms with Crippen molar-refractivity contribution < 1.29 is 19.8 Å². The van der Waals surface area contributed by atoms with Gasteiger partial charge >= 0.3 is 12.0 Å². The van der Waals surface area contributed by atoms with Gasteiger partial charge in [-0.15, -0.1) is 0 Å². The zero-order chi connectivity index (χ0) is 14.9. The number of aliphatic carboxylic acids is 1. The summed E-state index contributed by atoms with van der Waals surface area (Å²) >= 11 is 0. The number of para-hydroxylation sites is 1. The number of carbonyl (C=O) groups excluding carboxylic acids is 1. The van der Waals surface area contributed by atoms with Gasteiger partial charge in [0.05, 0.1) is 6.10 Å². The van der Waals surface area contributed by atoms with Gasteiger partial charge in [0.2, 0.25) is 0 Å². The van der Waals surface area contributed by atoms with Gasteiger partial charge in [0, 0.05) is 25.7 Å². The second-order valence-electron chi connectivity index (χ2n) is 5.02. The highest BCUT2D eigenvalue weighted by atomic mass is 16.4. The molecule has 0 unspecified atom stereocenters. The molecule has 1 heterocycles. The van der Waals surface area contributed by atoms with Gasteiger partial charge in [-0.2, -0.15) is 0 Å². The van der Waals surface area contributed by atoms with E-state index in [9.17, 15) is 14.7 Å². The minimum Gasteiger partial charge on any atom is -0.480 e. The summed E-state index contributed by atoms with van der Waals surface area (Å²) in [7, 11) is 1.61. The van der Waals surface area contributed by atoms with Crippen LogP contribution in [0.5, 0.6) is 0 Å². The van der Waals surface area contributed by atoms with E-state index in [-0.39, 0.29) is 13.0 Å². The number of hydrogen-bond acceptors (Lipinski definition) is 3. The Hall–Kier alpha value is -2.08. The second kappa shape index (κ2) is 5.50. The number of hydrogen-bond donors (Lipinski definition) is 2. The molecule has 0 aromatic heterocycles. The Kier molecular flexibility index (Phi) is 3.94. The van der Waals surface area contributed by atoms with E-state index in [1.54, 1.807) is 13.1 Å². The first-order valence-electron chi connectivity index (χ1n) is 6.42. The summed E-state index contributed by atoms with van der Waals surface area (Å²) in [6.45, 7) is 1.93. The van der Waals surface area contributed by atoms with Gasteiger partial charge in [-0.25, -0.2) is 9.59 Å². The highest BCUT2D eigenvalue weighted by Gasteiger charge is 2.40. The fourth-order valence-corrected chi connectivity index (χ4v) is 2.49. The van der Waals surface area contributed by atoms with Gasteiger partial charge in [0.1, 0.15) is 6.04 Å². The molecule has 1 aromatic carbocycles. The summed E-state index contributed by atoms with van der Waals surface area (Å²) in [5.74, 6) is -1.09. The lowest BCUT2D eigenvalue weighted by molar-refractivity contribution is -0.141. The number of carboxylic acid groups (broad SMARTS) is 1. The van der Waals surface area contributed by atoms with E-state index in [1.165, 1.54) is 9.80 Å². The molecule has 2 atom stereocenters. The third-order valence-electron chi connectivity index (χ3n) is 3.57. The molecule has 2 N–H and O–H groups in total. The van der Waals surface area contributed by atoms with E-state index in [0.29, 0.717) is 0 Å². The average molecular weight is 278 g/mol. The topological polar surface area (TPSA) is 81.1 Å². The maximum Gasteiger partial charge on any atom is 0.326 e. The van der Waals surface area contributed by atoms with Crippen LogP contribution in [-0.4, -0.2) is 52.9 Å². The number of benzene rings is 1. The lowest BCUT2D eigenvalue weighted by Crippen LogP contribution is -2.47. The van der Waals surface area contributed by atoms with Crippen molar-refractivity contribution in [2.45, 2.75) is 25.5 Å². The Morgan fingerprint density at radius 2 is 2.00 bits per heavy atom. The van der Waals surface area contributed by atoms with Crippen LogP contribution in [0.3, 0.4) is 0 Å². The molecule has 2 amide bonds. The molecule has 1 aliphatic rings. The first-order chi connectivity index (χ1) is 9.41. The molecular weight excluding hydrogens is 260 g/mol. The third-order valence-corrected chi connectivity index (χ3v) is 3.57. The van der Waals surface area contributed by atoms with Crippen LogP contribution in [-0.2, 0) is 4.79 Å². The van der Waals surface area contributed by atoms with Crippen molar-refractivity contribution in [3.8, 4) is 0 Å². The molecule has 6 nitrogen and oxygen atoms in total. The normalized spacial score (nSPS) is 21.9. The fraction of sp³-hybridized carbons (Fsp3) is 0.429. The summed E-state index contributed by atoms with van der Waals surface area (Å²) in [5.41, 5.74) is 1.65. The summed E-state index contributed by atoms with van der Waals surface area (Å²) in [4.78, 5) is 26.2. The number of urea groups is 1. The van der Waals surface area contributed by atoms with E-state index in [4.69, 9.17) is 5.11 Å². The van der Waals surface area contributed by atoms with Crippen molar-refractivity contribution in [3.63, 3.8) is 0 Å². The standard InChI is InChI=1S/C14H18N2O4/c1-9-5-3-4-6-11(9)15(2)14(20)16-8-10(17)7-12(16)13(18)19/h3-6,10,12,17H,7-8H2,1-2H3,(H,18,19)/t10-,12-/m0/s1. The van der Waals surface area contributed by atoms with Crippen LogP contribution >= 0.6 is 0 Å². The van der Waals surface area contributed by atoms with Crippen LogP contribution in [0, 0.1) is 6.92 Å². The van der Waals surface area contributed by atoms with Crippen LogP contribution in [0.15, 0.2) is 24.3 Å². The molecule has 0 saturated carbocycles. The van der Waals surface area contributed by atoms with Crippen molar-refractivity contribution in [3.05, 3.63) is 29.8 Å². The Balaban J connectivity index is 2.22. The van der Waals surface area contributed by atoms with Crippen molar-refractivity contribution in [2.24, 2.45) is 0 Å². The maximum absolute atomic E-state index is 12.4. The van der Waals surface area contributed by atoms with Crippen molar-refractivity contribution in [1.29, 1.82) is 0 Å². The van der Waals surface area contributed by atoms with Gasteiger partial charge in [0.15, 0.2) is 0 Å². The van der Waals surface area contributed by atoms with Crippen LogP contribution in [0.2, 0.25) is 0 Å². The quantitative estimate of drug-likeness (QED) is 0.848. The van der Waals surface area contributed by atoms with E-state index in [2.05, 4.69) is 0 Å². The molecule has 0 aliphatic carbocycles. The lowest BCUT2D eigenvalue weighted by atomic mass is 10.2. The number of amides is 2. The van der Waals surface area contributed by atoms with Crippen LogP contribution in [0.25, 0.3) is 0 Å². The molecule has 0 bridgehead atoms. The van der Waals surface area contributed by atoms with Gasteiger partial charge in [-0.3, -0.25) is 4.90 Å². The van der Waals surface area contributed by atoms with Crippen LogP contribution in [0.1, 0.15) is 12.0 Å². The molecule has 1 aromatic rings. The van der Waals surface area contributed by atoms with E-state index in [0.717, 1.165) is 11.3 Å². The number of carbonyl (C=O) groups is 2. The minimum absolute atomic E-state index is 0.0476. The number of aliphatic hydroxyl groups excluding tert-OH is 1. The summed E-state index contributed by atoms with van der Waals surface area (Å²) in [6.07, 6.45) is -0.715. The SMILES string of the molecule is Cc1ccccc1N(C)C(=O)N1C[C@@H](O)C[C@H]1C(=O)O.